The Hall–Kier alpha value is -0.730. The predicted octanol–water partition coefficient (Wildman–Crippen LogP) is 5.54. The summed E-state index contributed by atoms with van der Waals surface area (Å²) in [6.45, 7) is 2.91. The summed E-state index contributed by atoms with van der Waals surface area (Å²) in [5, 5.41) is 5.57. The Kier molecular flexibility index (Phi) is 5.74. The van der Waals surface area contributed by atoms with E-state index in [4.69, 9.17) is 34.8 Å². The van der Waals surface area contributed by atoms with Crippen LogP contribution in [0.4, 0.5) is 0 Å². The molecule has 0 radical (unpaired) electrons. The van der Waals surface area contributed by atoms with Gasteiger partial charge in [0.05, 0.1) is 0 Å². The monoisotopic (exact) mass is 327 g/mol. The maximum atomic E-state index is 6.29. The van der Waals surface area contributed by atoms with Gasteiger partial charge in [0.15, 0.2) is 0 Å². The maximum Gasteiger partial charge on any atom is 0.0453 e. The van der Waals surface area contributed by atoms with Crippen LogP contribution in [-0.4, -0.2) is 6.54 Å². The highest BCUT2D eigenvalue weighted by Crippen LogP contribution is 2.31. The molecule has 0 bridgehead atoms. The van der Waals surface area contributed by atoms with Gasteiger partial charge in [0.1, 0.15) is 0 Å². The third-order valence-electron chi connectivity index (χ3n) is 3.20. The van der Waals surface area contributed by atoms with Gasteiger partial charge >= 0.3 is 0 Å². The zero-order valence-electron chi connectivity index (χ0n) is 11.2. The lowest BCUT2D eigenvalue weighted by atomic mass is 9.98. The van der Waals surface area contributed by atoms with Gasteiger partial charge in [0, 0.05) is 21.1 Å². The molecule has 1 atom stereocenters. The summed E-state index contributed by atoms with van der Waals surface area (Å²) in [6, 6.07) is 13.5. The second kappa shape index (κ2) is 7.33. The van der Waals surface area contributed by atoms with Gasteiger partial charge in [-0.2, -0.15) is 0 Å². The highest BCUT2D eigenvalue weighted by Gasteiger charge is 2.17. The minimum atomic E-state index is 0.0890. The number of rotatable bonds is 5. The number of halogens is 3. The Bertz CT molecular complexity index is 563. The largest absolute Gasteiger partial charge is 0.310 e. The van der Waals surface area contributed by atoms with Crippen LogP contribution in [0.1, 0.15) is 24.1 Å². The second-order valence-corrected chi connectivity index (χ2v) is 5.76. The third-order valence-corrected chi connectivity index (χ3v) is 4.25. The van der Waals surface area contributed by atoms with Gasteiger partial charge in [-0.1, -0.05) is 66.0 Å². The maximum absolute atomic E-state index is 6.29. The molecule has 0 aliphatic heterocycles. The summed E-state index contributed by atoms with van der Waals surface area (Å²) in [6.07, 6.45) is 0.704. The Morgan fingerprint density at radius 2 is 1.50 bits per heavy atom. The molecule has 0 amide bonds. The first kappa shape index (κ1) is 15.7. The normalized spacial score (nSPS) is 12.4. The van der Waals surface area contributed by atoms with E-state index in [2.05, 4.69) is 12.2 Å². The first-order valence-electron chi connectivity index (χ1n) is 6.54. The van der Waals surface area contributed by atoms with Crippen molar-refractivity contribution in [3.05, 3.63) is 68.7 Å². The van der Waals surface area contributed by atoms with Gasteiger partial charge in [0.2, 0.25) is 0 Å². The summed E-state index contributed by atoms with van der Waals surface area (Å²) >= 11 is 18.8. The third kappa shape index (κ3) is 3.67. The van der Waals surface area contributed by atoms with Crippen LogP contribution in [-0.2, 0) is 6.42 Å². The van der Waals surface area contributed by atoms with Crippen molar-refractivity contribution >= 4 is 34.8 Å². The molecular formula is C16H16Cl3N. The molecule has 0 spiro atoms. The molecule has 0 saturated carbocycles. The molecule has 1 unspecified atom stereocenters. The van der Waals surface area contributed by atoms with Crippen molar-refractivity contribution in [1.29, 1.82) is 0 Å². The van der Waals surface area contributed by atoms with Crippen molar-refractivity contribution in [3.8, 4) is 0 Å². The molecule has 0 saturated heterocycles. The van der Waals surface area contributed by atoms with Gasteiger partial charge in [-0.3, -0.25) is 0 Å². The predicted molar refractivity (Wildman–Crippen MR) is 88.0 cm³/mol. The van der Waals surface area contributed by atoms with E-state index in [0.717, 1.165) is 22.7 Å². The fraction of sp³-hybridized carbons (Fsp3) is 0.250. The van der Waals surface area contributed by atoms with E-state index in [-0.39, 0.29) is 6.04 Å². The quantitative estimate of drug-likeness (QED) is 0.760. The molecule has 0 aromatic heterocycles. The van der Waals surface area contributed by atoms with Gasteiger partial charge in [0.25, 0.3) is 0 Å². The highest BCUT2D eigenvalue weighted by molar-refractivity contribution is 6.36. The van der Waals surface area contributed by atoms with E-state index < -0.39 is 0 Å². The highest BCUT2D eigenvalue weighted by atomic mass is 35.5. The van der Waals surface area contributed by atoms with E-state index in [1.165, 1.54) is 0 Å². The zero-order valence-corrected chi connectivity index (χ0v) is 13.4. The second-order valence-electron chi connectivity index (χ2n) is 4.54. The molecule has 2 rings (SSSR count). The summed E-state index contributed by atoms with van der Waals surface area (Å²) in [5.41, 5.74) is 2.01. The molecule has 20 heavy (non-hydrogen) atoms. The van der Waals surface area contributed by atoms with Gasteiger partial charge in [-0.25, -0.2) is 0 Å². The number of hydrogen-bond donors (Lipinski definition) is 1. The number of likely N-dealkylation sites (N-methyl/N-ethyl adjacent to an activating group) is 1. The zero-order chi connectivity index (χ0) is 14.5. The number of nitrogens with one attached hydrogen (secondary N) is 1. The number of hydrogen-bond acceptors (Lipinski definition) is 1. The van der Waals surface area contributed by atoms with Crippen molar-refractivity contribution in [2.75, 3.05) is 6.54 Å². The van der Waals surface area contributed by atoms with E-state index in [1.807, 2.05) is 42.5 Å². The minimum absolute atomic E-state index is 0.0890. The SMILES string of the molecule is CCNC(Cc1c(Cl)cccc1Cl)c1ccccc1Cl. The van der Waals surface area contributed by atoms with E-state index in [1.54, 1.807) is 0 Å². The van der Waals surface area contributed by atoms with Crippen LogP contribution in [0.2, 0.25) is 15.1 Å². The molecule has 1 nitrogen and oxygen atoms in total. The van der Waals surface area contributed by atoms with Crippen molar-refractivity contribution in [2.24, 2.45) is 0 Å². The van der Waals surface area contributed by atoms with E-state index in [0.29, 0.717) is 16.5 Å². The molecule has 0 aliphatic carbocycles. The van der Waals surface area contributed by atoms with E-state index >= 15 is 0 Å². The van der Waals surface area contributed by atoms with Crippen LogP contribution < -0.4 is 5.32 Å². The molecular weight excluding hydrogens is 313 g/mol. The standard InChI is InChI=1S/C16H16Cl3N/c1-2-20-16(11-6-3-4-7-13(11)17)10-12-14(18)8-5-9-15(12)19/h3-9,16,20H,2,10H2,1H3. The Balaban J connectivity index is 2.33. The first-order valence-corrected chi connectivity index (χ1v) is 7.67. The molecule has 106 valence electrons. The topological polar surface area (TPSA) is 12.0 Å². The van der Waals surface area contributed by atoms with Crippen LogP contribution in [0.25, 0.3) is 0 Å². The summed E-state index contributed by atoms with van der Waals surface area (Å²) in [5.74, 6) is 0. The van der Waals surface area contributed by atoms with Gasteiger partial charge < -0.3 is 5.32 Å². The molecule has 2 aromatic carbocycles. The minimum Gasteiger partial charge on any atom is -0.310 e. The molecule has 0 aliphatic rings. The van der Waals surface area contributed by atoms with Crippen molar-refractivity contribution in [2.45, 2.75) is 19.4 Å². The summed E-state index contributed by atoms with van der Waals surface area (Å²) in [4.78, 5) is 0. The van der Waals surface area contributed by atoms with Crippen molar-refractivity contribution < 1.29 is 0 Å². The summed E-state index contributed by atoms with van der Waals surface area (Å²) < 4.78 is 0. The van der Waals surface area contributed by atoms with Gasteiger partial charge in [-0.15, -0.1) is 0 Å². The smallest absolute Gasteiger partial charge is 0.0453 e. The molecule has 1 N–H and O–H groups in total. The average Bonchev–Trinajstić information content (AvgIpc) is 2.43. The lowest BCUT2D eigenvalue weighted by Crippen LogP contribution is -2.23. The van der Waals surface area contributed by atoms with Crippen molar-refractivity contribution in [3.63, 3.8) is 0 Å². The van der Waals surface area contributed by atoms with Crippen LogP contribution in [0.5, 0.6) is 0 Å². The number of benzene rings is 2. The van der Waals surface area contributed by atoms with Crippen LogP contribution in [0, 0.1) is 0 Å². The Labute approximate surface area is 134 Å². The Morgan fingerprint density at radius 3 is 2.10 bits per heavy atom. The van der Waals surface area contributed by atoms with Crippen LogP contribution in [0.15, 0.2) is 42.5 Å². The Morgan fingerprint density at radius 1 is 0.900 bits per heavy atom. The van der Waals surface area contributed by atoms with Crippen LogP contribution in [0.3, 0.4) is 0 Å². The first-order chi connectivity index (χ1) is 9.63. The molecule has 4 heteroatoms. The van der Waals surface area contributed by atoms with Crippen molar-refractivity contribution in [1.82, 2.24) is 5.32 Å². The molecule has 0 fully saturated rings. The fourth-order valence-electron chi connectivity index (χ4n) is 2.23. The van der Waals surface area contributed by atoms with E-state index in [9.17, 15) is 0 Å². The lowest BCUT2D eigenvalue weighted by molar-refractivity contribution is 0.550. The fourth-order valence-corrected chi connectivity index (χ4v) is 3.05. The molecule has 0 heterocycles. The lowest BCUT2D eigenvalue weighted by Gasteiger charge is -2.21. The summed E-state index contributed by atoms with van der Waals surface area (Å²) in [7, 11) is 0. The van der Waals surface area contributed by atoms with Crippen LogP contribution >= 0.6 is 34.8 Å². The average molecular weight is 329 g/mol. The van der Waals surface area contributed by atoms with Gasteiger partial charge in [-0.05, 0) is 42.3 Å². The molecule has 2 aromatic rings.